The molecule has 0 aromatic heterocycles. The zero-order chi connectivity index (χ0) is 12.2. The van der Waals surface area contributed by atoms with Gasteiger partial charge in [0.1, 0.15) is 0 Å². The van der Waals surface area contributed by atoms with Gasteiger partial charge in [0.15, 0.2) is 0 Å². The zero-order valence-electron chi connectivity index (χ0n) is 11.1. The molecule has 98 valence electrons. The van der Waals surface area contributed by atoms with Crippen LogP contribution in [0.15, 0.2) is 0 Å². The molecule has 0 spiro atoms. The summed E-state index contributed by atoms with van der Waals surface area (Å²) >= 11 is 0. The minimum Gasteiger partial charge on any atom is -0.393 e. The van der Waals surface area contributed by atoms with E-state index in [1.54, 1.807) is 0 Å². The molecule has 0 saturated heterocycles. The molecule has 2 atom stereocenters. The van der Waals surface area contributed by atoms with Crippen molar-refractivity contribution >= 4 is 0 Å². The lowest BCUT2D eigenvalue weighted by Gasteiger charge is -2.12. The molecular formula is C14H30O2. The molecule has 0 aromatic rings. The Kier molecular flexibility index (Phi) is 11.3. The predicted molar refractivity (Wildman–Crippen MR) is 69.5 cm³/mol. The van der Waals surface area contributed by atoms with Gasteiger partial charge in [-0.1, -0.05) is 46.0 Å². The third-order valence-electron chi connectivity index (χ3n) is 3.09. The molecule has 16 heavy (non-hydrogen) atoms. The third-order valence-corrected chi connectivity index (χ3v) is 3.09. The summed E-state index contributed by atoms with van der Waals surface area (Å²) in [6.45, 7) is 4.29. The lowest BCUT2D eigenvalue weighted by atomic mass is 10.0. The van der Waals surface area contributed by atoms with Gasteiger partial charge in [-0.25, -0.2) is 0 Å². The van der Waals surface area contributed by atoms with Crippen LogP contribution in [-0.2, 0) is 0 Å². The van der Waals surface area contributed by atoms with Gasteiger partial charge in [-0.05, 0) is 32.1 Å². The van der Waals surface area contributed by atoms with E-state index >= 15 is 0 Å². The number of aliphatic hydroxyl groups excluding tert-OH is 2. The van der Waals surface area contributed by atoms with Gasteiger partial charge in [-0.15, -0.1) is 0 Å². The van der Waals surface area contributed by atoms with Gasteiger partial charge in [0.25, 0.3) is 0 Å². The van der Waals surface area contributed by atoms with Gasteiger partial charge >= 0.3 is 0 Å². The van der Waals surface area contributed by atoms with Crippen LogP contribution >= 0.6 is 0 Å². The largest absolute Gasteiger partial charge is 0.393 e. The third kappa shape index (κ3) is 10.4. The summed E-state index contributed by atoms with van der Waals surface area (Å²) in [4.78, 5) is 0. The highest BCUT2D eigenvalue weighted by molar-refractivity contribution is 4.60. The molecule has 2 N–H and O–H groups in total. The lowest BCUT2D eigenvalue weighted by Crippen LogP contribution is -2.10. The highest BCUT2D eigenvalue weighted by atomic mass is 16.3. The van der Waals surface area contributed by atoms with E-state index < -0.39 is 0 Å². The Bertz CT molecular complexity index is 137. The van der Waals surface area contributed by atoms with Crippen LogP contribution < -0.4 is 0 Å². The van der Waals surface area contributed by atoms with E-state index in [4.69, 9.17) is 0 Å². The van der Waals surface area contributed by atoms with Crippen molar-refractivity contribution in [3.05, 3.63) is 0 Å². The van der Waals surface area contributed by atoms with Gasteiger partial charge in [0.05, 0.1) is 12.2 Å². The summed E-state index contributed by atoms with van der Waals surface area (Å²) in [5.41, 5.74) is 0. The van der Waals surface area contributed by atoms with Crippen molar-refractivity contribution in [2.75, 3.05) is 0 Å². The van der Waals surface area contributed by atoms with Crippen LogP contribution in [0.25, 0.3) is 0 Å². The van der Waals surface area contributed by atoms with Gasteiger partial charge in [0.2, 0.25) is 0 Å². The van der Waals surface area contributed by atoms with Crippen LogP contribution in [0.5, 0.6) is 0 Å². The van der Waals surface area contributed by atoms with Crippen LogP contribution in [-0.4, -0.2) is 22.4 Å². The van der Waals surface area contributed by atoms with Crippen molar-refractivity contribution in [1.82, 2.24) is 0 Å². The Labute approximate surface area is 101 Å². The number of hydrogen-bond donors (Lipinski definition) is 2. The van der Waals surface area contributed by atoms with E-state index in [0.29, 0.717) is 0 Å². The quantitative estimate of drug-likeness (QED) is 0.532. The van der Waals surface area contributed by atoms with Gasteiger partial charge in [-0.3, -0.25) is 0 Å². The second-order valence-electron chi connectivity index (χ2n) is 4.88. The summed E-state index contributed by atoms with van der Waals surface area (Å²) in [5, 5.41) is 19.2. The second-order valence-corrected chi connectivity index (χ2v) is 4.88. The predicted octanol–water partition coefficient (Wildman–Crippen LogP) is 3.65. The SMILES string of the molecule is CCCCCCC(O)CCCC(O)CCC. The summed E-state index contributed by atoms with van der Waals surface area (Å²) in [6.07, 6.45) is 10.1. The topological polar surface area (TPSA) is 40.5 Å². The molecule has 2 heteroatoms. The standard InChI is InChI=1S/C14H30O2/c1-3-5-6-7-10-14(16)12-8-11-13(15)9-4-2/h13-16H,3-12H2,1-2H3. The normalized spacial score (nSPS) is 15.0. The van der Waals surface area contributed by atoms with Gasteiger partial charge in [-0.2, -0.15) is 0 Å². The maximum absolute atomic E-state index is 9.71. The number of unbranched alkanes of at least 4 members (excludes halogenated alkanes) is 3. The molecular weight excluding hydrogens is 200 g/mol. The van der Waals surface area contributed by atoms with Gasteiger partial charge < -0.3 is 10.2 Å². The molecule has 0 aliphatic rings. The van der Waals surface area contributed by atoms with Crippen LogP contribution in [0.1, 0.15) is 78.1 Å². The van der Waals surface area contributed by atoms with E-state index in [9.17, 15) is 10.2 Å². The summed E-state index contributed by atoms with van der Waals surface area (Å²) < 4.78 is 0. The first kappa shape index (κ1) is 15.9. The summed E-state index contributed by atoms with van der Waals surface area (Å²) in [7, 11) is 0. The van der Waals surface area contributed by atoms with Crippen molar-refractivity contribution in [3.8, 4) is 0 Å². The Hall–Kier alpha value is -0.0800. The van der Waals surface area contributed by atoms with Crippen LogP contribution in [0.3, 0.4) is 0 Å². The molecule has 2 unspecified atom stereocenters. The van der Waals surface area contributed by atoms with Crippen LogP contribution in [0.4, 0.5) is 0 Å². The average molecular weight is 230 g/mol. The van der Waals surface area contributed by atoms with E-state index in [1.165, 1.54) is 19.3 Å². The molecule has 0 aliphatic carbocycles. The fraction of sp³-hybridized carbons (Fsp3) is 1.00. The molecule has 0 saturated carbocycles. The highest BCUT2D eigenvalue weighted by Gasteiger charge is 2.06. The molecule has 0 aliphatic heterocycles. The molecule has 0 amide bonds. The number of hydrogen-bond acceptors (Lipinski definition) is 2. The summed E-state index contributed by atoms with van der Waals surface area (Å²) in [6, 6.07) is 0. The van der Waals surface area contributed by atoms with E-state index in [-0.39, 0.29) is 12.2 Å². The molecule has 0 bridgehead atoms. The van der Waals surface area contributed by atoms with Crippen molar-refractivity contribution in [2.45, 2.75) is 90.3 Å². The maximum Gasteiger partial charge on any atom is 0.0540 e. The Morgan fingerprint density at radius 1 is 0.625 bits per heavy atom. The second kappa shape index (κ2) is 11.4. The monoisotopic (exact) mass is 230 g/mol. The molecule has 2 nitrogen and oxygen atoms in total. The Morgan fingerprint density at radius 3 is 1.75 bits per heavy atom. The average Bonchev–Trinajstić information content (AvgIpc) is 2.25. The van der Waals surface area contributed by atoms with Crippen LogP contribution in [0.2, 0.25) is 0 Å². The number of rotatable bonds is 11. The van der Waals surface area contributed by atoms with Gasteiger partial charge in [0, 0.05) is 0 Å². The molecule has 0 aromatic carbocycles. The van der Waals surface area contributed by atoms with Crippen molar-refractivity contribution < 1.29 is 10.2 Å². The smallest absolute Gasteiger partial charge is 0.0540 e. The van der Waals surface area contributed by atoms with E-state index in [0.717, 1.165) is 44.9 Å². The first-order valence-electron chi connectivity index (χ1n) is 7.06. The Morgan fingerprint density at radius 2 is 1.19 bits per heavy atom. The Balaban J connectivity index is 3.26. The first-order chi connectivity index (χ1) is 7.70. The van der Waals surface area contributed by atoms with Crippen molar-refractivity contribution in [2.24, 2.45) is 0 Å². The first-order valence-corrected chi connectivity index (χ1v) is 7.06. The fourth-order valence-electron chi connectivity index (χ4n) is 2.02. The minimum atomic E-state index is -0.155. The highest BCUT2D eigenvalue weighted by Crippen LogP contribution is 2.13. The number of aliphatic hydroxyl groups is 2. The zero-order valence-corrected chi connectivity index (χ0v) is 11.1. The fourth-order valence-corrected chi connectivity index (χ4v) is 2.02. The lowest BCUT2D eigenvalue weighted by molar-refractivity contribution is 0.122. The molecule has 0 heterocycles. The van der Waals surface area contributed by atoms with E-state index in [2.05, 4.69) is 13.8 Å². The minimum absolute atomic E-state index is 0.148. The van der Waals surface area contributed by atoms with E-state index in [1.807, 2.05) is 0 Å². The summed E-state index contributed by atoms with van der Waals surface area (Å²) in [5.74, 6) is 0. The van der Waals surface area contributed by atoms with Crippen molar-refractivity contribution in [3.63, 3.8) is 0 Å². The van der Waals surface area contributed by atoms with Crippen molar-refractivity contribution in [1.29, 1.82) is 0 Å². The molecule has 0 fully saturated rings. The molecule has 0 radical (unpaired) electrons. The maximum atomic E-state index is 9.71. The van der Waals surface area contributed by atoms with Crippen LogP contribution in [0, 0.1) is 0 Å². The molecule has 0 rings (SSSR count).